The molecular weight excluding hydrogens is 284 g/mol. The summed E-state index contributed by atoms with van der Waals surface area (Å²) in [6.07, 6.45) is 6.52. The first-order chi connectivity index (χ1) is 11.2. The number of carbonyl (C=O) groups is 1. The molecule has 0 spiro atoms. The van der Waals surface area contributed by atoms with E-state index in [1.807, 2.05) is 37.5 Å². The van der Waals surface area contributed by atoms with Crippen molar-refractivity contribution in [3.63, 3.8) is 0 Å². The number of rotatable bonds is 2. The average molecular weight is 304 g/mol. The fraction of sp³-hybridized carbons (Fsp3) is 0.300. The summed E-state index contributed by atoms with van der Waals surface area (Å²) in [4.78, 5) is 17.5. The number of pyridine rings is 2. The molecule has 3 aromatic rings. The van der Waals surface area contributed by atoms with Crippen molar-refractivity contribution in [1.82, 2.24) is 9.38 Å². The molecule has 0 aliphatic heterocycles. The Kier molecular flexibility index (Phi) is 3.29. The number of aromatic nitrogens is 2. The number of fused-ring (bicyclic) bond motifs is 3. The second-order valence-electron chi connectivity index (χ2n) is 6.46. The van der Waals surface area contributed by atoms with Crippen molar-refractivity contribution >= 4 is 11.3 Å². The third kappa shape index (κ3) is 2.19. The molecule has 0 saturated heterocycles. The number of Topliss-reactive ketones (excluding diaryl/α,β-unsaturated/α-hetero) is 1. The molecule has 3 aromatic heterocycles. The molecule has 23 heavy (non-hydrogen) atoms. The molecule has 0 bridgehead atoms. The highest BCUT2D eigenvalue weighted by Crippen LogP contribution is 2.33. The van der Waals surface area contributed by atoms with Crippen molar-refractivity contribution in [2.45, 2.75) is 33.1 Å². The van der Waals surface area contributed by atoms with Gasteiger partial charge in [-0.3, -0.25) is 9.78 Å². The molecule has 0 fully saturated rings. The minimum Gasteiger partial charge on any atom is -0.313 e. The fourth-order valence-electron chi connectivity index (χ4n) is 3.83. The van der Waals surface area contributed by atoms with Crippen LogP contribution in [0.4, 0.5) is 0 Å². The van der Waals surface area contributed by atoms with Crippen LogP contribution in [-0.4, -0.2) is 15.2 Å². The molecule has 0 radical (unpaired) electrons. The van der Waals surface area contributed by atoms with Crippen molar-refractivity contribution in [3.05, 3.63) is 70.8 Å². The highest BCUT2D eigenvalue weighted by atomic mass is 16.1. The van der Waals surface area contributed by atoms with Crippen LogP contribution in [0, 0.1) is 19.8 Å². The van der Waals surface area contributed by atoms with E-state index < -0.39 is 0 Å². The number of nitrogens with zero attached hydrogens (tertiary/aromatic N) is 2. The van der Waals surface area contributed by atoms with E-state index in [2.05, 4.69) is 28.4 Å². The van der Waals surface area contributed by atoms with Gasteiger partial charge in [-0.1, -0.05) is 12.1 Å². The van der Waals surface area contributed by atoms with Crippen LogP contribution in [0.2, 0.25) is 0 Å². The van der Waals surface area contributed by atoms with Gasteiger partial charge in [0.2, 0.25) is 0 Å². The largest absolute Gasteiger partial charge is 0.313 e. The van der Waals surface area contributed by atoms with E-state index >= 15 is 0 Å². The third-order valence-electron chi connectivity index (χ3n) is 5.15. The molecule has 0 aromatic carbocycles. The van der Waals surface area contributed by atoms with Gasteiger partial charge in [0.15, 0.2) is 5.78 Å². The summed E-state index contributed by atoms with van der Waals surface area (Å²) in [5.74, 6) is 0.340. The predicted octanol–water partition coefficient (Wildman–Crippen LogP) is 3.94. The van der Waals surface area contributed by atoms with Crippen LogP contribution in [0.15, 0.2) is 42.7 Å². The van der Waals surface area contributed by atoms with Crippen molar-refractivity contribution in [2.24, 2.45) is 5.92 Å². The fourth-order valence-corrected chi connectivity index (χ4v) is 3.83. The summed E-state index contributed by atoms with van der Waals surface area (Å²) >= 11 is 0. The van der Waals surface area contributed by atoms with Crippen molar-refractivity contribution < 1.29 is 4.79 Å². The Hall–Kier alpha value is -2.42. The second kappa shape index (κ2) is 5.34. The van der Waals surface area contributed by atoms with Gasteiger partial charge in [0, 0.05) is 29.5 Å². The molecule has 116 valence electrons. The molecule has 1 atom stereocenters. The number of hydrogen-bond acceptors (Lipinski definition) is 2. The quantitative estimate of drug-likeness (QED) is 0.718. The zero-order valence-corrected chi connectivity index (χ0v) is 13.5. The summed E-state index contributed by atoms with van der Waals surface area (Å²) in [6.45, 7) is 4.15. The van der Waals surface area contributed by atoms with Gasteiger partial charge in [0.25, 0.3) is 0 Å². The lowest BCUT2D eigenvalue weighted by Gasteiger charge is -2.22. The summed E-state index contributed by atoms with van der Waals surface area (Å²) < 4.78 is 2.08. The average Bonchev–Trinajstić information content (AvgIpc) is 2.86. The number of ketones is 1. The number of aryl methyl sites for hydroxylation is 2. The number of carbonyl (C=O) groups excluding carboxylic acids is 1. The van der Waals surface area contributed by atoms with Gasteiger partial charge in [0.1, 0.15) is 0 Å². The van der Waals surface area contributed by atoms with Crippen LogP contribution in [0.25, 0.3) is 5.52 Å². The lowest BCUT2D eigenvalue weighted by Crippen LogP contribution is -2.25. The van der Waals surface area contributed by atoms with E-state index in [0.717, 1.165) is 36.2 Å². The van der Waals surface area contributed by atoms with Crippen molar-refractivity contribution in [2.75, 3.05) is 0 Å². The lowest BCUT2D eigenvalue weighted by molar-refractivity contribution is 0.0895. The van der Waals surface area contributed by atoms with Crippen molar-refractivity contribution in [1.29, 1.82) is 0 Å². The Bertz CT molecular complexity index is 907. The maximum atomic E-state index is 13.1. The summed E-state index contributed by atoms with van der Waals surface area (Å²) in [5.41, 5.74) is 6.76. The molecule has 3 nitrogen and oxygen atoms in total. The molecule has 0 saturated carbocycles. The summed E-state index contributed by atoms with van der Waals surface area (Å²) in [7, 11) is 0. The van der Waals surface area contributed by atoms with Gasteiger partial charge in [-0.25, -0.2) is 0 Å². The predicted molar refractivity (Wildman–Crippen MR) is 91.0 cm³/mol. The van der Waals surface area contributed by atoms with Crippen molar-refractivity contribution in [3.8, 4) is 0 Å². The molecule has 0 N–H and O–H groups in total. The Morgan fingerprint density at radius 3 is 2.91 bits per heavy atom. The van der Waals surface area contributed by atoms with E-state index in [-0.39, 0.29) is 11.7 Å². The molecule has 3 heteroatoms. The zero-order valence-electron chi connectivity index (χ0n) is 13.5. The molecule has 4 rings (SSSR count). The molecule has 3 heterocycles. The van der Waals surface area contributed by atoms with E-state index in [4.69, 9.17) is 0 Å². The lowest BCUT2D eigenvalue weighted by atomic mass is 9.81. The normalized spacial score (nSPS) is 17.5. The van der Waals surface area contributed by atoms with Gasteiger partial charge in [-0.15, -0.1) is 0 Å². The SMILES string of the molecule is Cc1ncccc1CC1CCc2c(C)c3ccccn3c2C1=O. The monoisotopic (exact) mass is 304 g/mol. The van der Waals surface area contributed by atoms with Gasteiger partial charge >= 0.3 is 0 Å². The first-order valence-corrected chi connectivity index (χ1v) is 8.20. The maximum Gasteiger partial charge on any atom is 0.183 e. The topological polar surface area (TPSA) is 34.4 Å². The van der Waals surface area contributed by atoms with Gasteiger partial charge in [0.05, 0.1) is 5.69 Å². The zero-order chi connectivity index (χ0) is 16.0. The van der Waals surface area contributed by atoms with E-state index in [1.54, 1.807) is 0 Å². The Balaban J connectivity index is 1.75. The standard InChI is InChI=1S/C20H20N2O/c1-13-17-9-8-16(12-15-6-5-10-21-14(15)2)20(23)19(17)22-11-4-3-7-18(13)22/h3-7,10-11,16H,8-9,12H2,1-2H3. The summed E-state index contributed by atoms with van der Waals surface area (Å²) in [6, 6.07) is 10.2. The molecule has 0 amide bonds. The molecule has 1 aliphatic rings. The second-order valence-corrected chi connectivity index (χ2v) is 6.46. The van der Waals surface area contributed by atoms with Crippen LogP contribution in [0.5, 0.6) is 0 Å². The Labute approximate surface area is 136 Å². The van der Waals surface area contributed by atoms with E-state index in [1.165, 1.54) is 16.7 Å². The third-order valence-corrected chi connectivity index (χ3v) is 5.15. The Morgan fingerprint density at radius 2 is 2.09 bits per heavy atom. The molecule has 1 aliphatic carbocycles. The van der Waals surface area contributed by atoms with E-state index in [9.17, 15) is 4.79 Å². The minimum absolute atomic E-state index is 0.0584. The molecular formula is C20H20N2O. The van der Waals surface area contributed by atoms with Crippen LogP contribution in [-0.2, 0) is 12.8 Å². The van der Waals surface area contributed by atoms with Crippen LogP contribution < -0.4 is 0 Å². The smallest absolute Gasteiger partial charge is 0.183 e. The maximum absolute atomic E-state index is 13.1. The van der Waals surface area contributed by atoms with E-state index in [0.29, 0.717) is 0 Å². The number of hydrogen-bond donors (Lipinski definition) is 0. The molecule has 1 unspecified atom stereocenters. The van der Waals surface area contributed by atoms with Crippen LogP contribution in [0.3, 0.4) is 0 Å². The Morgan fingerprint density at radius 1 is 1.22 bits per heavy atom. The van der Waals surface area contributed by atoms with Gasteiger partial charge in [-0.05, 0) is 68.0 Å². The minimum atomic E-state index is 0.0584. The van der Waals surface area contributed by atoms with Crippen LogP contribution in [0.1, 0.15) is 39.3 Å². The first-order valence-electron chi connectivity index (χ1n) is 8.20. The first kappa shape index (κ1) is 14.2. The van der Waals surface area contributed by atoms with Gasteiger partial charge in [-0.2, -0.15) is 0 Å². The van der Waals surface area contributed by atoms with Gasteiger partial charge < -0.3 is 4.40 Å². The highest BCUT2D eigenvalue weighted by Gasteiger charge is 2.32. The highest BCUT2D eigenvalue weighted by molar-refractivity contribution is 6.01. The summed E-state index contributed by atoms with van der Waals surface area (Å²) in [5, 5.41) is 0. The van der Waals surface area contributed by atoms with Crippen LogP contribution >= 0.6 is 0 Å².